The van der Waals surface area contributed by atoms with E-state index in [2.05, 4.69) is 10.4 Å². The van der Waals surface area contributed by atoms with Crippen LogP contribution in [0.15, 0.2) is 89.9 Å². The van der Waals surface area contributed by atoms with Crippen LogP contribution in [0, 0.1) is 0 Å². The van der Waals surface area contributed by atoms with Gasteiger partial charge in [0.2, 0.25) is 0 Å². The molecular weight excluding hydrogens is 374 g/mol. The number of aliphatic imine (C=N–C) groups is 1. The molecule has 2 amide bonds. The first-order chi connectivity index (χ1) is 14.3. The number of nitrogens with one attached hydrogen (secondary N) is 1. The van der Waals surface area contributed by atoms with Gasteiger partial charge in [0.25, 0.3) is 11.8 Å². The van der Waals surface area contributed by atoms with Crippen LogP contribution in [0.3, 0.4) is 0 Å². The van der Waals surface area contributed by atoms with Crippen LogP contribution in [0.4, 0.5) is 5.69 Å². The summed E-state index contributed by atoms with van der Waals surface area (Å²) in [5.41, 5.74) is 4.88. The van der Waals surface area contributed by atoms with Crippen molar-refractivity contribution in [2.24, 2.45) is 4.99 Å². The number of para-hydroxylation sites is 1. The summed E-state index contributed by atoms with van der Waals surface area (Å²) in [4.78, 5) is 30.1. The average Bonchev–Trinajstić information content (AvgIpc) is 2.76. The van der Waals surface area contributed by atoms with Crippen molar-refractivity contribution in [1.29, 1.82) is 0 Å². The summed E-state index contributed by atoms with van der Waals surface area (Å²) < 4.78 is 0. The molecule has 0 unspecified atom stereocenters. The first kappa shape index (κ1) is 21.0. The molecule has 3 aromatic carbocycles. The van der Waals surface area contributed by atoms with Crippen molar-refractivity contribution in [3.8, 4) is 0 Å². The molecule has 0 radical (unpaired) electrons. The Hall–Kier alpha value is -3.73. The molecule has 0 aromatic heterocycles. The van der Waals surface area contributed by atoms with Crippen molar-refractivity contribution in [3.05, 3.63) is 102 Å². The summed E-state index contributed by atoms with van der Waals surface area (Å²) in [5.74, 6) is -0.608. The van der Waals surface area contributed by atoms with E-state index in [1.807, 2.05) is 69.3 Å². The summed E-state index contributed by atoms with van der Waals surface area (Å²) >= 11 is 0. The molecule has 0 saturated heterocycles. The molecule has 3 aromatic rings. The highest BCUT2D eigenvalue weighted by Crippen LogP contribution is 2.16. The molecule has 0 bridgehead atoms. The van der Waals surface area contributed by atoms with Crippen molar-refractivity contribution in [2.45, 2.75) is 26.3 Å². The highest BCUT2D eigenvalue weighted by atomic mass is 16.2. The zero-order valence-corrected chi connectivity index (χ0v) is 17.4. The maximum Gasteiger partial charge on any atom is 0.272 e. The Morgan fingerprint density at radius 1 is 0.800 bits per heavy atom. The van der Waals surface area contributed by atoms with E-state index in [1.54, 1.807) is 42.6 Å². The molecule has 152 valence electrons. The third kappa shape index (κ3) is 5.41. The Morgan fingerprint density at radius 2 is 1.37 bits per heavy atom. The Labute approximate surface area is 177 Å². The fourth-order valence-electron chi connectivity index (χ4n) is 2.78. The highest BCUT2D eigenvalue weighted by Gasteiger charge is 2.29. The number of rotatable bonds is 4. The predicted molar refractivity (Wildman–Crippen MR) is 120 cm³/mol. The summed E-state index contributed by atoms with van der Waals surface area (Å²) in [7, 11) is 0. The standard InChI is InChI=1S/C25H25N3O2/c1-25(2,3)28(24(30)21-10-6-4-7-11-21)27-23(29)20-16-14-19(15-17-20)18-26-22-12-8-5-9-13-22/h4-18H,1-3H3,(H,27,29). The number of hydrazine groups is 1. The SMILES string of the molecule is CC(C)(C)N(NC(=O)c1ccc(C=Nc2ccccc2)cc1)C(=O)c1ccccc1. The maximum absolute atomic E-state index is 12.9. The molecule has 0 spiro atoms. The van der Waals surface area contributed by atoms with Gasteiger partial charge in [-0.2, -0.15) is 0 Å². The maximum atomic E-state index is 12.9. The second-order valence-corrected chi connectivity index (χ2v) is 7.83. The number of carbonyl (C=O) groups is 2. The number of carbonyl (C=O) groups excluding carboxylic acids is 2. The van der Waals surface area contributed by atoms with E-state index in [0.717, 1.165) is 11.3 Å². The molecule has 5 nitrogen and oxygen atoms in total. The Kier molecular flexibility index (Phi) is 6.42. The minimum Gasteiger partial charge on any atom is -0.267 e. The summed E-state index contributed by atoms with van der Waals surface area (Å²) in [6.45, 7) is 5.62. The Bertz CT molecular complexity index is 1020. The van der Waals surface area contributed by atoms with Crippen molar-refractivity contribution in [2.75, 3.05) is 0 Å². The quantitative estimate of drug-likeness (QED) is 0.494. The Morgan fingerprint density at radius 3 is 1.93 bits per heavy atom. The first-order valence-electron chi connectivity index (χ1n) is 9.74. The van der Waals surface area contributed by atoms with Gasteiger partial charge in [-0.15, -0.1) is 0 Å². The third-order valence-electron chi connectivity index (χ3n) is 4.40. The lowest BCUT2D eigenvalue weighted by Gasteiger charge is -2.35. The highest BCUT2D eigenvalue weighted by molar-refractivity contribution is 5.99. The van der Waals surface area contributed by atoms with Crippen LogP contribution in [0.1, 0.15) is 47.1 Å². The average molecular weight is 399 g/mol. The van der Waals surface area contributed by atoms with E-state index in [9.17, 15) is 9.59 Å². The van der Waals surface area contributed by atoms with Crippen LogP contribution in [0.2, 0.25) is 0 Å². The lowest BCUT2D eigenvalue weighted by atomic mass is 10.1. The molecule has 0 aliphatic rings. The van der Waals surface area contributed by atoms with Gasteiger partial charge >= 0.3 is 0 Å². The van der Waals surface area contributed by atoms with Crippen LogP contribution in [0.5, 0.6) is 0 Å². The topological polar surface area (TPSA) is 61.8 Å². The van der Waals surface area contributed by atoms with Gasteiger partial charge in [-0.1, -0.05) is 48.5 Å². The van der Waals surface area contributed by atoms with Crippen LogP contribution in [-0.2, 0) is 0 Å². The van der Waals surface area contributed by atoms with E-state index < -0.39 is 5.54 Å². The van der Waals surface area contributed by atoms with Gasteiger partial charge in [0.1, 0.15) is 0 Å². The molecule has 0 fully saturated rings. The molecule has 3 rings (SSSR count). The van der Waals surface area contributed by atoms with Gasteiger partial charge in [0, 0.05) is 17.3 Å². The van der Waals surface area contributed by atoms with Crippen molar-refractivity contribution >= 4 is 23.7 Å². The van der Waals surface area contributed by atoms with Crippen molar-refractivity contribution in [3.63, 3.8) is 0 Å². The van der Waals surface area contributed by atoms with E-state index in [4.69, 9.17) is 0 Å². The summed E-state index contributed by atoms with van der Waals surface area (Å²) in [5, 5.41) is 1.37. The van der Waals surface area contributed by atoms with Crippen LogP contribution in [0.25, 0.3) is 0 Å². The van der Waals surface area contributed by atoms with Gasteiger partial charge in [-0.3, -0.25) is 20.0 Å². The second kappa shape index (κ2) is 9.18. The minimum atomic E-state index is -0.592. The molecule has 5 heteroatoms. The van der Waals surface area contributed by atoms with Crippen molar-refractivity contribution in [1.82, 2.24) is 10.4 Å². The first-order valence-corrected chi connectivity index (χ1v) is 9.74. The van der Waals surface area contributed by atoms with Crippen molar-refractivity contribution < 1.29 is 9.59 Å². The number of benzene rings is 3. The monoisotopic (exact) mass is 399 g/mol. The second-order valence-electron chi connectivity index (χ2n) is 7.83. The molecule has 0 aliphatic carbocycles. The molecule has 1 N–H and O–H groups in total. The van der Waals surface area contributed by atoms with E-state index in [0.29, 0.717) is 11.1 Å². The van der Waals surface area contributed by atoms with Gasteiger partial charge in [-0.25, -0.2) is 5.01 Å². The van der Waals surface area contributed by atoms with Gasteiger partial charge < -0.3 is 0 Å². The normalized spacial score (nSPS) is 11.3. The fraction of sp³-hybridized carbons (Fsp3) is 0.160. The lowest BCUT2D eigenvalue weighted by molar-refractivity contribution is 0.0358. The molecule has 0 atom stereocenters. The third-order valence-corrected chi connectivity index (χ3v) is 4.40. The molecule has 30 heavy (non-hydrogen) atoms. The van der Waals surface area contributed by atoms with E-state index in [1.165, 1.54) is 5.01 Å². The smallest absolute Gasteiger partial charge is 0.267 e. The van der Waals surface area contributed by atoms with Gasteiger partial charge in [0.05, 0.1) is 11.2 Å². The van der Waals surface area contributed by atoms with Crippen LogP contribution in [-0.4, -0.2) is 28.6 Å². The Balaban J connectivity index is 1.73. The summed E-state index contributed by atoms with van der Waals surface area (Å²) in [6, 6.07) is 25.6. The number of hydrogen-bond acceptors (Lipinski definition) is 3. The fourth-order valence-corrected chi connectivity index (χ4v) is 2.78. The molecular formula is C25H25N3O2. The zero-order valence-electron chi connectivity index (χ0n) is 17.4. The van der Waals surface area contributed by atoms with Gasteiger partial charge in [-0.05, 0) is 62.7 Å². The molecule has 0 aliphatic heterocycles. The molecule has 0 heterocycles. The van der Waals surface area contributed by atoms with Crippen LogP contribution >= 0.6 is 0 Å². The summed E-state index contributed by atoms with van der Waals surface area (Å²) in [6.07, 6.45) is 1.75. The van der Waals surface area contributed by atoms with E-state index in [-0.39, 0.29) is 11.8 Å². The van der Waals surface area contributed by atoms with Gasteiger partial charge in [0.15, 0.2) is 0 Å². The minimum absolute atomic E-state index is 0.261. The number of nitrogens with zero attached hydrogens (tertiary/aromatic N) is 2. The predicted octanol–water partition coefficient (Wildman–Crippen LogP) is 5.02. The lowest BCUT2D eigenvalue weighted by Crippen LogP contribution is -2.55. The zero-order chi connectivity index (χ0) is 21.6. The largest absolute Gasteiger partial charge is 0.272 e. The molecule has 0 saturated carbocycles. The van der Waals surface area contributed by atoms with E-state index >= 15 is 0 Å². The van der Waals surface area contributed by atoms with Crippen LogP contribution < -0.4 is 5.43 Å². The number of hydrogen-bond donors (Lipinski definition) is 1. The number of amides is 2.